The van der Waals surface area contributed by atoms with Crippen LogP contribution in [0.3, 0.4) is 0 Å². The first-order valence-corrected chi connectivity index (χ1v) is 12.6. The minimum absolute atomic E-state index is 0.320. The van der Waals surface area contributed by atoms with Crippen LogP contribution in [0.15, 0.2) is 72.8 Å². The third-order valence-corrected chi connectivity index (χ3v) is 7.12. The van der Waals surface area contributed by atoms with Gasteiger partial charge in [-0.05, 0) is 47.7 Å². The first kappa shape index (κ1) is 29.6. The normalized spacial score (nSPS) is 16.1. The Morgan fingerprint density at radius 1 is 0.789 bits per heavy atom. The number of carboxylic acid groups (broad SMARTS) is 1. The van der Waals surface area contributed by atoms with Gasteiger partial charge in [0.05, 0.1) is 10.0 Å². The summed E-state index contributed by atoms with van der Waals surface area (Å²) in [5, 5.41) is 51.8. The van der Waals surface area contributed by atoms with Gasteiger partial charge in [-0.15, -0.1) is 0 Å². The first-order valence-electron chi connectivity index (χ1n) is 11.8. The first-order chi connectivity index (χ1) is 18.0. The van der Waals surface area contributed by atoms with E-state index in [0.29, 0.717) is 16.5 Å². The number of halogens is 2. The van der Waals surface area contributed by atoms with Crippen LogP contribution in [0.25, 0.3) is 11.1 Å². The average Bonchev–Trinajstić information content (AvgIpc) is 2.92. The minimum atomic E-state index is -2.38. The Balaban J connectivity index is 1.84. The van der Waals surface area contributed by atoms with Gasteiger partial charge in [-0.3, -0.25) is 4.79 Å². The van der Waals surface area contributed by atoms with E-state index in [9.17, 15) is 30.0 Å². The molecule has 6 N–H and O–H groups in total. The van der Waals surface area contributed by atoms with Gasteiger partial charge < -0.3 is 30.8 Å². The van der Waals surface area contributed by atoms with Crippen molar-refractivity contribution in [3.63, 3.8) is 0 Å². The minimum Gasteiger partial charge on any atom is -0.479 e. The molecule has 6 atom stereocenters. The van der Waals surface area contributed by atoms with Gasteiger partial charge >= 0.3 is 5.97 Å². The zero-order valence-electron chi connectivity index (χ0n) is 20.4. The average molecular weight is 562 g/mol. The molecule has 1 amide bonds. The number of amides is 1. The van der Waals surface area contributed by atoms with Crippen LogP contribution in [-0.2, 0) is 16.0 Å². The molecular formula is C28H29Cl2NO7. The van der Waals surface area contributed by atoms with Crippen molar-refractivity contribution in [1.82, 2.24) is 5.32 Å². The molecule has 3 aromatic rings. The molecule has 0 spiro atoms. The van der Waals surface area contributed by atoms with Crippen LogP contribution in [0.4, 0.5) is 0 Å². The van der Waals surface area contributed by atoms with Gasteiger partial charge in [0.2, 0.25) is 0 Å². The Hall–Kier alpha value is -2.98. The van der Waals surface area contributed by atoms with Crippen molar-refractivity contribution in [2.45, 2.75) is 49.7 Å². The van der Waals surface area contributed by atoms with E-state index in [-0.39, 0.29) is 5.92 Å². The highest BCUT2D eigenvalue weighted by Gasteiger charge is 2.38. The number of nitrogens with one attached hydrogen (secondary N) is 1. The van der Waals surface area contributed by atoms with Crippen molar-refractivity contribution in [3.05, 3.63) is 94.0 Å². The molecule has 0 heterocycles. The molecule has 0 bridgehead atoms. The molecule has 0 radical (unpaired) electrons. The molecule has 0 saturated carbocycles. The summed E-state index contributed by atoms with van der Waals surface area (Å²) in [6, 6.07) is 22.2. The maximum atomic E-state index is 12.7. The van der Waals surface area contributed by atoms with E-state index in [2.05, 4.69) is 5.32 Å². The number of carbonyl (C=O) groups is 2. The largest absolute Gasteiger partial charge is 0.479 e. The number of hydrogen-bond acceptors (Lipinski definition) is 6. The van der Waals surface area contributed by atoms with Crippen LogP contribution in [-0.4, -0.2) is 67.9 Å². The quantitative estimate of drug-likeness (QED) is 0.211. The number of benzene rings is 3. The van der Waals surface area contributed by atoms with Crippen LogP contribution in [0.2, 0.25) is 10.0 Å². The molecule has 0 aliphatic heterocycles. The summed E-state index contributed by atoms with van der Waals surface area (Å²) in [4.78, 5) is 23.6. The molecule has 0 aromatic heterocycles. The van der Waals surface area contributed by atoms with Crippen LogP contribution in [0.5, 0.6) is 0 Å². The summed E-state index contributed by atoms with van der Waals surface area (Å²) in [6.45, 7) is 1.72. The van der Waals surface area contributed by atoms with Gasteiger partial charge in [-0.1, -0.05) is 83.9 Å². The molecule has 4 unspecified atom stereocenters. The second-order valence-corrected chi connectivity index (χ2v) is 9.87. The fourth-order valence-corrected chi connectivity index (χ4v) is 4.46. The topological polar surface area (TPSA) is 147 Å². The number of aliphatic hydroxyl groups excluding tert-OH is 4. The molecule has 202 valence electrons. The highest BCUT2D eigenvalue weighted by Crippen LogP contribution is 2.30. The lowest BCUT2D eigenvalue weighted by Crippen LogP contribution is -2.54. The maximum absolute atomic E-state index is 12.7. The third-order valence-electron chi connectivity index (χ3n) is 6.38. The molecule has 0 fully saturated rings. The Morgan fingerprint density at radius 2 is 1.37 bits per heavy atom. The van der Waals surface area contributed by atoms with Crippen LogP contribution in [0, 0.1) is 0 Å². The maximum Gasteiger partial charge on any atom is 0.335 e. The van der Waals surface area contributed by atoms with Crippen molar-refractivity contribution < 1.29 is 35.1 Å². The smallest absolute Gasteiger partial charge is 0.335 e. The fraction of sp³-hybridized carbons (Fsp3) is 0.286. The summed E-state index contributed by atoms with van der Waals surface area (Å²) >= 11 is 12.3. The van der Waals surface area contributed by atoms with E-state index < -0.39 is 42.3 Å². The van der Waals surface area contributed by atoms with E-state index in [4.69, 9.17) is 28.3 Å². The second-order valence-electron chi connectivity index (χ2n) is 9.05. The van der Waals surface area contributed by atoms with Gasteiger partial charge in [-0.25, -0.2) is 4.79 Å². The van der Waals surface area contributed by atoms with Gasteiger partial charge in [-0.2, -0.15) is 0 Å². The Labute approximate surface area is 230 Å². The fourth-order valence-electron chi connectivity index (χ4n) is 4.14. The van der Waals surface area contributed by atoms with Crippen molar-refractivity contribution >= 4 is 35.1 Å². The lowest BCUT2D eigenvalue weighted by Gasteiger charge is -2.29. The van der Waals surface area contributed by atoms with Gasteiger partial charge in [0, 0.05) is 12.0 Å². The zero-order chi connectivity index (χ0) is 28.0. The van der Waals surface area contributed by atoms with Crippen molar-refractivity contribution in [2.24, 2.45) is 0 Å². The number of carbonyl (C=O) groups excluding carboxylic acids is 1. The predicted octanol–water partition coefficient (Wildman–Crippen LogP) is 3.02. The van der Waals surface area contributed by atoms with Crippen molar-refractivity contribution in [3.8, 4) is 11.1 Å². The lowest BCUT2D eigenvalue weighted by molar-refractivity contribution is -0.166. The van der Waals surface area contributed by atoms with E-state index >= 15 is 0 Å². The molecule has 8 nitrogen and oxygen atoms in total. The standard InChI is InChI=1S/C28H29Cl2NO7/c1-15(31-27(36)25(34)23(32)24(33)26(35)28(37)38)20(13-16-7-12-21(29)22(30)14-16)19-10-8-18(9-11-19)17-5-3-2-4-6-17/h2-12,14-15,20,23-26,32-35H,13H2,1H3,(H,31,36)(H,37,38)/t15-,20+,23?,24?,25?,26?/m1/s1. The number of hydrogen-bond donors (Lipinski definition) is 6. The SMILES string of the molecule is C[C@@H](NC(=O)C(O)C(O)C(O)C(O)C(=O)O)[C@H](Cc1ccc(Cl)c(Cl)c1)c1ccc(-c2ccccc2)cc1. The third kappa shape index (κ3) is 7.32. The summed E-state index contributed by atoms with van der Waals surface area (Å²) in [5.74, 6) is -3.17. The van der Waals surface area contributed by atoms with E-state index in [1.54, 1.807) is 19.1 Å². The number of aliphatic carboxylic acids is 1. The molecule has 0 aliphatic carbocycles. The molecule has 3 aromatic carbocycles. The number of rotatable bonds is 11. The highest BCUT2D eigenvalue weighted by atomic mass is 35.5. The molecule has 0 aliphatic rings. The Morgan fingerprint density at radius 3 is 1.95 bits per heavy atom. The zero-order valence-corrected chi connectivity index (χ0v) is 21.9. The van der Waals surface area contributed by atoms with E-state index in [1.807, 2.05) is 60.7 Å². The summed E-state index contributed by atoms with van der Waals surface area (Å²) < 4.78 is 0. The van der Waals surface area contributed by atoms with Crippen molar-refractivity contribution in [1.29, 1.82) is 0 Å². The van der Waals surface area contributed by atoms with Crippen LogP contribution >= 0.6 is 23.2 Å². The molecule has 0 saturated heterocycles. The molecule has 3 rings (SSSR count). The number of aliphatic hydroxyl groups is 4. The van der Waals surface area contributed by atoms with E-state index in [1.165, 1.54) is 0 Å². The van der Waals surface area contributed by atoms with E-state index in [0.717, 1.165) is 22.3 Å². The van der Waals surface area contributed by atoms with Gasteiger partial charge in [0.1, 0.15) is 12.2 Å². The molecule has 38 heavy (non-hydrogen) atoms. The van der Waals surface area contributed by atoms with Crippen LogP contribution < -0.4 is 5.32 Å². The summed E-state index contributed by atoms with van der Waals surface area (Å²) in [6.07, 6.45) is -8.64. The van der Waals surface area contributed by atoms with Gasteiger partial charge in [0.15, 0.2) is 12.2 Å². The lowest BCUT2D eigenvalue weighted by atomic mass is 9.85. The molecule has 10 heteroatoms. The van der Waals surface area contributed by atoms with Crippen LogP contribution in [0.1, 0.15) is 24.0 Å². The second kappa shape index (κ2) is 13.2. The Bertz CT molecular complexity index is 1240. The molecular weight excluding hydrogens is 533 g/mol. The van der Waals surface area contributed by atoms with Crippen molar-refractivity contribution in [2.75, 3.05) is 0 Å². The predicted molar refractivity (Wildman–Crippen MR) is 144 cm³/mol. The monoisotopic (exact) mass is 561 g/mol. The van der Waals surface area contributed by atoms with Gasteiger partial charge in [0.25, 0.3) is 5.91 Å². The Kier molecular flexibility index (Phi) is 10.3. The summed E-state index contributed by atoms with van der Waals surface area (Å²) in [5.41, 5.74) is 3.77. The summed E-state index contributed by atoms with van der Waals surface area (Å²) in [7, 11) is 0. The highest BCUT2D eigenvalue weighted by molar-refractivity contribution is 6.42. The number of carboxylic acids is 1.